The van der Waals surface area contributed by atoms with Crippen LogP contribution in [0.3, 0.4) is 0 Å². The fourth-order valence-corrected chi connectivity index (χ4v) is 4.57. The number of hydrogen-bond donors (Lipinski definition) is 2. The average Bonchev–Trinajstić information content (AvgIpc) is 2.70. The number of halogens is 1. The van der Waals surface area contributed by atoms with Gasteiger partial charge in [0.05, 0.1) is 17.0 Å². The van der Waals surface area contributed by atoms with Crippen LogP contribution in [0.15, 0.2) is 48.5 Å². The Kier molecular flexibility index (Phi) is 6.82. The van der Waals surface area contributed by atoms with Crippen LogP contribution in [0.4, 0.5) is 11.4 Å². The van der Waals surface area contributed by atoms with E-state index in [4.69, 9.17) is 11.6 Å². The number of nitrogens with one attached hydrogen (secondary N) is 2. The van der Waals surface area contributed by atoms with Gasteiger partial charge in [0.2, 0.25) is 15.9 Å². The fraction of sp³-hybridized carbons (Fsp3) is 0.381. The molecule has 0 aliphatic carbocycles. The number of rotatable bonds is 6. The summed E-state index contributed by atoms with van der Waals surface area (Å²) in [4.78, 5) is 12.5. The topological polar surface area (TPSA) is 78.5 Å². The highest BCUT2D eigenvalue weighted by molar-refractivity contribution is 7.88. The van der Waals surface area contributed by atoms with E-state index in [0.29, 0.717) is 36.6 Å². The molecular weight excluding hydrogens is 410 g/mol. The lowest BCUT2D eigenvalue weighted by Crippen LogP contribution is -2.40. The van der Waals surface area contributed by atoms with Gasteiger partial charge in [-0.1, -0.05) is 41.9 Å². The van der Waals surface area contributed by atoms with Gasteiger partial charge < -0.3 is 10.6 Å². The van der Waals surface area contributed by atoms with E-state index in [1.165, 1.54) is 10.6 Å². The predicted molar refractivity (Wildman–Crippen MR) is 118 cm³/mol. The largest absolute Gasteiger partial charge is 0.377 e. The summed E-state index contributed by atoms with van der Waals surface area (Å²) >= 11 is 6.41. The molecule has 29 heavy (non-hydrogen) atoms. The number of piperidine rings is 1. The summed E-state index contributed by atoms with van der Waals surface area (Å²) < 4.78 is 24.6. The fourth-order valence-electron chi connectivity index (χ4n) is 3.46. The Morgan fingerprint density at radius 2 is 1.79 bits per heavy atom. The van der Waals surface area contributed by atoms with Gasteiger partial charge in [-0.15, -0.1) is 0 Å². The van der Waals surface area contributed by atoms with Crippen molar-refractivity contribution in [1.29, 1.82) is 0 Å². The number of anilines is 2. The second-order valence-corrected chi connectivity index (χ2v) is 9.79. The molecule has 1 amide bonds. The molecule has 1 heterocycles. The van der Waals surface area contributed by atoms with Crippen LogP contribution in [-0.4, -0.2) is 38.0 Å². The Morgan fingerprint density at radius 1 is 1.14 bits per heavy atom. The van der Waals surface area contributed by atoms with E-state index in [-0.39, 0.29) is 17.9 Å². The van der Waals surface area contributed by atoms with Crippen molar-refractivity contribution < 1.29 is 13.2 Å². The highest BCUT2D eigenvalue weighted by Gasteiger charge is 2.29. The summed E-state index contributed by atoms with van der Waals surface area (Å²) in [6.45, 7) is 2.81. The number of carbonyl (C=O) groups excluding carboxylic acids is 1. The maximum absolute atomic E-state index is 12.5. The van der Waals surface area contributed by atoms with Gasteiger partial charge in [0.25, 0.3) is 0 Å². The Hall–Kier alpha value is -2.09. The van der Waals surface area contributed by atoms with Gasteiger partial charge in [-0.2, -0.15) is 0 Å². The normalized spacial score (nSPS) is 16.9. The van der Waals surface area contributed by atoms with E-state index in [1.807, 2.05) is 30.3 Å². The molecule has 8 heteroatoms. The molecule has 2 aromatic carbocycles. The predicted octanol–water partition coefficient (Wildman–Crippen LogP) is 4.12. The second-order valence-electron chi connectivity index (χ2n) is 7.40. The zero-order chi connectivity index (χ0) is 21.0. The van der Waals surface area contributed by atoms with Crippen molar-refractivity contribution in [2.75, 3.05) is 30.0 Å². The minimum atomic E-state index is -3.20. The van der Waals surface area contributed by atoms with Crippen LogP contribution in [-0.2, 0) is 14.8 Å². The quantitative estimate of drug-likeness (QED) is 0.715. The molecule has 156 valence electrons. The zero-order valence-corrected chi connectivity index (χ0v) is 18.1. The molecule has 2 N–H and O–H groups in total. The summed E-state index contributed by atoms with van der Waals surface area (Å²) in [7, 11) is -3.20. The molecule has 3 rings (SSSR count). The smallest absolute Gasteiger partial charge is 0.227 e. The lowest BCUT2D eigenvalue weighted by molar-refractivity contribution is -0.120. The van der Waals surface area contributed by atoms with Crippen LogP contribution in [0.5, 0.6) is 0 Å². The summed E-state index contributed by atoms with van der Waals surface area (Å²) in [6, 6.07) is 15.6. The highest BCUT2D eigenvalue weighted by Crippen LogP contribution is 2.29. The number of sulfonamides is 1. The number of nitrogens with zero attached hydrogens (tertiary/aromatic N) is 1. The van der Waals surface area contributed by atoms with Gasteiger partial charge in [-0.3, -0.25) is 4.79 Å². The second kappa shape index (κ2) is 9.15. The Bertz CT molecular complexity index is 958. The van der Waals surface area contributed by atoms with Gasteiger partial charge in [0.1, 0.15) is 0 Å². The van der Waals surface area contributed by atoms with Crippen LogP contribution in [0.2, 0.25) is 5.02 Å². The van der Waals surface area contributed by atoms with E-state index in [2.05, 4.69) is 29.7 Å². The molecule has 0 saturated carbocycles. The molecule has 1 unspecified atom stereocenters. The molecule has 6 nitrogen and oxygen atoms in total. The first kappa shape index (κ1) is 21.6. The van der Waals surface area contributed by atoms with Crippen molar-refractivity contribution in [1.82, 2.24) is 4.31 Å². The van der Waals surface area contributed by atoms with Gasteiger partial charge in [0.15, 0.2) is 0 Å². The molecule has 1 fully saturated rings. The van der Waals surface area contributed by atoms with Gasteiger partial charge in [-0.05, 0) is 43.5 Å². The molecule has 1 aliphatic heterocycles. The third-order valence-electron chi connectivity index (χ3n) is 5.20. The molecule has 1 saturated heterocycles. The van der Waals surface area contributed by atoms with Crippen LogP contribution in [0, 0.1) is 5.92 Å². The third kappa shape index (κ3) is 5.72. The molecule has 2 aromatic rings. The Morgan fingerprint density at radius 3 is 2.38 bits per heavy atom. The van der Waals surface area contributed by atoms with Gasteiger partial charge in [0, 0.05) is 30.7 Å². The van der Waals surface area contributed by atoms with Crippen LogP contribution < -0.4 is 10.6 Å². The maximum Gasteiger partial charge on any atom is 0.227 e. The number of amides is 1. The lowest BCUT2D eigenvalue weighted by Gasteiger charge is -2.29. The average molecular weight is 436 g/mol. The lowest BCUT2D eigenvalue weighted by atomic mass is 9.97. The first-order valence-electron chi connectivity index (χ1n) is 9.61. The minimum absolute atomic E-state index is 0.0918. The molecule has 0 radical (unpaired) electrons. The van der Waals surface area contributed by atoms with E-state index in [0.717, 1.165) is 11.3 Å². The van der Waals surface area contributed by atoms with E-state index in [9.17, 15) is 13.2 Å². The number of hydrogen-bond acceptors (Lipinski definition) is 4. The monoisotopic (exact) mass is 435 g/mol. The van der Waals surface area contributed by atoms with Gasteiger partial charge in [-0.25, -0.2) is 12.7 Å². The molecule has 1 aliphatic rings. The van der Waals surface area contributed by atoms with Crippen molar-refractivity contribution in [3.8, 4) is 0 Å². The van der Waals surface area contributed by atoms with Crippen molar-refractivity contribution >= 4 is 38.9 Å². The Labute approximate surface area is 177 Å². The standard InChI is InChI=1S/C21H26ClN3O3S/c1-15(16-6-4-3-5-7-16)23-20-9-8-18(14-19(20)22)24-21(26)17-10-12-25(13-11-17)29(2,27)28/h3-9,14-15,17,23H,10-13H2,1-2H3,(H,24,26). The van der Waals surface area contributed by atoms with Crippen LogP contribution in [0.25, 0.3) is 0 Å². The summed E-state index contributed by atoms with van der Waals surface area (Å²) in [5, 5.41) is 6.81. The van der Waals surface area contributed by atoms with Crippen LogP contribution >= 0.6 is 11.6 Å². The molecule has 0 spiro atoms. The van der Waals surface area contributed by atoms with Crippen molar-refractivity contribution in [2.45, 2.75) is 25.8 Å². The number of benzene rings is 2. The SMILES string of the molecule is CC(Nc1ccc(NC(=O)C2CCN(S(C)(=O)=O)CC2)cc1Cl)c1ccccc1. The van der Waals surface area contributed by atoms with E-state index in [1.54, 1.807) is 6.07 Å². The van der Waals surface area contributed by atoms with Crippen molar-refractivity contribution in [3.05, 3.63) is 59.1 Å². The summed E-state index contributed by atoms with van der Waals surface area (Å²) in [5.74, 6) is -0.310. The first-order chi connectivity index (χ1) is 13.7. The van der Waals surface area contributed by atoms with Crippen molar-refractivity contribution in [3.63, 3.8) is 0 Å². The van der Waals surface area contributed by atoms with E-state index >= 15 is 0 Å². The van der Waals surface area contributed by atoms with Crippen LogP contribution in [0.1, 0.15) is 31.4 Å². The first-order valence-corrected chi connectivity index (χ1v) is 11.8. The maximum atomic E-state index is 12.5. The molecule has 0 bridgehead atoms. The number of carbonyl (C=O) groups is 1. The van der Waals surface area contributed by atoms with Gasteiger partial charge >= 0.3 is 0 Å². The van der Waals surface area contributed by atoms with Crippen molar-refractivity contribution in [2.24, 2.45) is 5.92 Å². The third-order valence-corrected chi connectivity index (χ3v) is 6.82. The molecular formula is C21H26ClN3O3S. The summed E-state index contributed by atoms with van der Waals surface area (Å²) in [5.41, 5.74) is 2.58. The molecule has 1 atom stereocenters. The van der Waals surface area contributed by atoms with E-state index < -0.39 is 10.0 Å². The zero-order valence-electron chi connectivity index (χ0n) is 16.6. The Balaban J connectivity index is 1.58. The minimum Gasteiger partial charge on any atom is -0.377 e. The molecule has 0 aromatic heterocycles. The summed E-state index contributed by atoms with van der Waals surface area (Å²) in [6.07, 6.45) is 2.23. The highest BCUT2D eigenvalue weighted by atomic mass is 35.5.